The van der Waals surface area contributed by atoms with Crippen LogP contribution in [0.25, 0.3) is 0 Å². The lowest BCUT2D eigenvalue weighted by Gasteiger charge is -2.24. The summed E-state index contributed by atoms with van der Waals surface area (Å²) in [7, 11) is 0. The number of halogens is 1. The fourth-order valence-electron chi connectivity index (χ4n) is 2.59. The summed E-state index contributed by atoms with van der Waals surface area (Å²) < 4.78 is 18.5. The first kappa shape index (κ1) is 16.5. The molecule has 2 rings (SSSR count). The zero-order chi connectivity index (χ0) is 16.5. The lowest BCUT2D eigenvalue weighted by molar-refractivity contribution is 0.0289. The number of hydrogen-bond acceptors (Lipinski definition) is 3. The third-order valence-corrected chi connectivity index (χ3v) is 3.66. The number of rotatable bonds is 2. The number of amides is 1. The third kappa shape index (κ3) is 3.84. The van der Waals surface area contributed by atoms with Crippen LogP contribution in [0.2, 0.25) is 0 Å². The second kappa shape index (κ2) is 6.07. The van der Waals surface area contributed by atoms with Gasteiger partial charge in [-0.05, 0) is 57.9 Å². The van der Waals surface area contributed by atoms with E-state index in [0.717, 1.165) is 0 Å². The molecule has 1 aromatic rings. The van der Waals surface area contributed by atoms with Crippen LogP contribution < -0.4 is 0 Å². The lowest BCUT2D eigenvalue weighted by atomic mass is 9.94. The Morgan fingerprint density at radius 2 is 2.00 bits per heavy atom. The summed E-state index contributed by atoms with van der Waals surface area (Å²) in [6.45, 7) is 8.01. The van der Waals surface area contributed by atoms with Crippen LogP contribution in [0, 0.1) is 18.7 Å². The maximum absolute atomic E-state index is 13.1. The van der Waals surface area contributed by atoms with Crippen LogP contribution in [0.15, 0.2) is 18.2 Å². The molecule has 0 aliphatic carbocycles. The standard InChI is InChI=1S/C17H22FNO3/c1-11-9-13(18)5-6-14(11)15(20)12-7-8-19(10-12)16(21)22-17(2,3)4/h5-6,9,12H,7-8,10H2,1-4H3. The molecular weight excluding hydrogens is 285 g/mol. The molecule has 1 aliphatic rings. The van der Waals surface area contributed by atoms with E-state index in [-0.39, 0.29) is 17.5 Å². The van der Waals surface area contributed by atoms with Gasteiger partial charge in [0.25, 0.3) is 0 Å². The molecule has 1 aromatic carbocycles. The highest BCUT2D eigenvalue weighted by atomic mass is 19.1. The van der Waals surface area contributed by atoms with Gasteiger partial charge < -0.3 is 9.64 Å². The number of likely N-dealkylation sites (tertiary alicyclic amines) is 1. The van der Waals surface area contributed by atoms with E-state index in [4.69, 9.17) is 4.74 Å². The normalized spacial score (nSPS) is 18.4. The van der Waals surface area contributed by atoms with E-state index in [1.807, 2.05) is 20.8 Å². The summed E-state index contributed by atoms with van der Waals surface area (Å²) >= 11 is 0. The molecule has 0 radical (unpaired) electrons. The number of ketones is 1. The predicted molar refractivity (Wildman–Crippen MR) is 81.4 cm³/mol. The van der Waals surface area contributed by atoms with E-state index >= 15 is 0 Å². The molecule has 0 saturated carbocycles. The van der Waals surface area contributed by atoms with Crippen LogP contribution in [0.3, 0.4) is 0 Å². The number of benzene rings is 1. The van der Waals surface area contributed by atoms with Gasteiger partial charge in [-0.15, -0.1) is 0 Å². The average Bonchev–Trinajstić information content (AvgIpc) is 2.85. The molecule has 1 atom stereocenters. The molecule has 0 N–H and O–H groups in total. The van der Waals surface area contributed by atoms with E-state index < -0.39 is 11.7 Å². The molecule has 0 bridgehead atoms. The van der Waals surface area contributed by atoms with E-state index in [0.29, 0.717) is 30.6 Å². The first-order chi connectivity index (χ1) is 10.2. The summed E-state index contributed by atoms with van der Waals surface area (Å²) in [4.78, 5) is 26.1. The highest BCUT2D eigenvalue weighted by molar-refractivity contribution is 5.99. The summed E-state index contributed by atoms with van der Waals surface area (Å²) in [6, 6.07) is 4.16. The van der Waals surface area contributed by atoms with Gasteiger partial charge in [-0.2, -0.15) is 0 Å². The molecule has 22 heavy (non-hydrogen) atoms. The molecule has 0 spiro atoms. The van der Waals surface area contributed by atoms with Gasteiger partial charge in [-0.3, -0.25) is 4.79 Å². The van der Waals surface area contributed by atoms with Crippen molar-refractivity contribution in [3.05, 3.63) is 35.1 Å². The van der Waals surface area contributed by atoms with Crippen molar-refractivity contribution in [2.24, 2.45) is 5.92 Å². The van der Waals surface area contributed by atoms with Gasteiger partial charge >= 0.3 is 6.09 Å². The number of carbonyl (C=O) groups is 2. The number of ether oxygens (including phenoxy) is 1. The topological polar surface area (TPSA) is 46.6 Å². The number of Topliss-reactive ketones (excluding diaryl/α,β-unsaturated/α-hetero) is 1. The molecule has 1 saturated heterocycles. The van der Waals surface area contributed by atoms with Crippen molar-refractivity contribution < 1.29 is 18.7 Å². The summed E-state index contributed by atoms with van der Waals surface area (Å²) in [5, 5.41) is 0. The second-order valence-corrected chi connectivity index (χ2v) is 6.74. The van der Waals surface area contributed by atoms with Crippen molar-refractivity contribution in [2.45, 2.75) is 39.7 Å². The molecule has 120 valence electrons. The molecule has 1 fully saturated rings. The Kier molecular flexibility index (Phi) is 4.54. The Balaban J connectivity index is 2.03. The minimum absolute atomic E-state index is 0.0384. The first-order valence-corrected chi connectivity index (χ1v) is 7.45. The van der Waals surface area contributed by atoms with Gasteiger partial charge in [0.1, 0.15) is 11.4 Å². The van der Waals surface area contributed by atoms with Crippen molar-refractivity contribution in [3.63, 3.8) is 0 Å². The minimum Gasteiger partial charge on any atom is -0.444 e. The van der Waals surface area contributed by atoms with Crippen molar-refractivity contribution in [1.29, 1.82) is 0 Å². The largest absolute Gasteiger partial charge is 0.444 e. The maximum atomic E-state index is 13.1. The summed E-state index contributed by atoms with van der Waals surface area (Å²) in [5.74, 6) is -0.643. The van der Waals surface area contributed by atoms with E-state index in [9.17, 15) is 14.0 Å². The molecule has 1 aliphatic heterocycles. The molecule has 4 nitrogen and oxygen atoms in total. The Labute approximate surface area is 130 Å². The minimum atomic E-state index is -0.549. The first-order valence-electron chi connectivity index (χ1n) is 7.45. The Bertz CT molecular complexity index is 592. The van der Waals surface area contributed by atoms with Crippen molar-refractivity contribution in [1.82, 2.24) is 4.90 Å². The van der Waals surface area contributed by atoms with Gasteiger partial charge in [-0.1, -0.05) is 0 Å². The van der Waals surface area contributed by atoms with Crippen LogP contribution in [-0.2, 0) is 4.74 Å². The monoisotopic (exact) mass is 307 g/mol. The number of aryl methyl sites for hydroxylation is 1. The van der Waals surface area contributed by atoms with Crippen LogP contribution in [0.4, 0.5) is 9.18 Å². The van der Waals surface area contributed by atoms with Crippen molar-refractivity contribution in [2.75, 3.05) is 13.1 Å². The van der Waals surface area contributed by atoms with Crippen LogP contribution in [-0.4, -0.2) is 35.5 Å². The van der Waals surface area contributed by atoms with Gasteiger partial charge in [0.05, 0.1) is 0 Å². The van der Waals surface area contributed by atoms with E-state index in [1.165, 1.54) is 18.2 Å². The molecule has 0 aromatic heterocycles. The third-order valence-electron chi connectivity index (χ3n) is 3.66. The second-order valence-electron chi connectivity index (χ2n) is 6.74. The molecule has 1 unspecified atom stereocenters. The Morgan fingerprint density at radius 3 is 2.59 bits per heavy atom. The van der Waals surface area contributed by atoms with Gasteiger partial charge in [-0.25, -0.2) is 9.18 Å². The molecule has 1 heterocycles. The summed E-state index contributed by atoms with van der Waals surface area (Å²) in [6.07, 6.45) is 0.216. The van der Waals surface area contributed by atoms with Gasteiger partial charge in [0, 0.05) is 24.6 Å². The smallest absolute Gasteiger partial charge is 0.410 e. The fraction of sp³-hybridized carbons (Fsp3) is 0.529. The predicted octanol–water partition coefficient (Wildman–Crippen LogP) is 3.57. The highest BCUT2D eigenvalue weighted by Gasteiger charge is 2.34. The van der Waals surface area contributed by atoms with Crippen LogP contribution >= 0.6 is 0 Å². The maximum Gasteiger partial charge on any atom is 0.410 e. The molecule has 5 heteroatoms. The Hall–Kier alpha value is -1.91. The van der Waals surface area contributed by atoms with Crippen LogP contribution in [0.5, 0.6) is 0 Å². The molecular formula is C17H22FNO3. The number of nitrogens with zero attached hydrogens (tertiary/aromatic N) is 1. The van der Waals surface area contributed by atoms with Crippen molar-refractivity contribution >= 4 is 11.9 Å². The SMILES string of the molecule is Cc1cc(F)ccc1C(=O)C1CCN(C(=O)OC(C)(C)C)C1. The van der Waals surface area contributed by atoms with Gasteiger partial charge in [0.15, 0.2) is 5.78 Å². The summed E-state index contributed by atoms with van der Waals surface area (Å²) in [5.41, 5.74) is 0.602. The van der Waals surface area contributed by atoms with Crippen LogP contribution in [0.1, 0.15) is 43.1 Å². The number of carbonyl (C=O) groups excluding carboxylic acids is 2. The molecule has 1 amide bonds. The van der Waals surface area contributed by atoms with E-state index in [2.05, 4.69) is 0 Å². The average molecular weight is 307 g/mol. The quantitative estimate of drug-likeness (QED) is 0.785. The highest BCUT2D eigenvalue weighted by Crippen LogP contribution is 2.24. The van der Waals surface area contributed by atoms with Gasteiger partial charge in [0.2, 0.25) is 0 Å². The zero-order valence-electron chi connectivity index (χ0n) is 13.5. The Morgan fingerprint density at radius 1 is 1.32 bits per heavy atom. The zero-order valence-corrected chi connectivity index (χ0v) is 13.5. The van der Waals surface area contributed by atoms with E-state index in [1.54, 1.807) is 11.8 Å². The fourth-order valence-corrected chi connectivity index (χ4v) is 2.59. The van der Waals surface area contributed by atoms with Crippen molar-refractivity contribution in [3.8, 4) is 0 Å². The number of hydrogen-bond donors (Lipinski definition) is 0. The lowest BCUT2D eigenvalue weighted by Crippen LogP contribution is -2.35.